The van der Waals surface area contributed by atoms with Crippen LogP contribution in [-0.4, -0.2) is 36.7 Å². The number of thiazole rings is 1. The number of benzene rings is 2. The topological polar surface area (TPSA) is 79.4 Å². The van der Waals surface area contributed by atoms with E-state index in [0.29, 0.717) is 35.6 Å². The van der Waals surface area contributed by atoms with Gasteiger partial charge in [-0.2, -0.15) is 4.31 Å². The SMILES string of the molecule is Cc1ccc(-c2csc(NC(=O)c3ccc(S(=O)(=O)N4C[C@H](C)C[C@@H](C)C4)cc3)n2)cc1C. The van der Waals surface area contributed by atoms with Crippen LogP contribution in [0.2, 0.25) is 0 Å². The Kier molecular flexibility index (Phi) is 6.70. The highest BCUT2D eigenvalue weighted by Crippen LogP contribution is 2.28. The third kappa shape index (κ3) is 5.18. The molecule has 1 fully saturated rings. The van der Waals surface area contributed by atoms with Crippen molar-refractivity contribution in [3.63, 3.8) is 0 Å². The van der Waals surface area contributed by atoms with Crippen molar-refractivity contribution in [3.05, 3.63) is 64.5 Å². The third-order valence-electron chi connectivity index (χ3n) is 6.12. The molecule has 174 valence electrons. The maximum absolute atomic E-state index is 13.0. The third-order valence-corrected chi connectivity index (χ3v) is 8.72. The van der Waals surface area contributed by atoms with E-state index in [1.165, 1.54) is 34.6 Å². The molecule has 1 aromatic heterocycles. The average molecular weight is 484 g/mol. The van der Waals surface area contributed by atoms with Crippen molar-refractivity contribution in [2.24, 2.45) is 11.8 Å². The van der Waals surface area contributed by atoms with Crippen LogP contribution in [0.3, 0.4) is 0 Å². The molecule has 0 bridgehead atoms. The van der Waals surface area contributed by atoms with E-state index >= 15 is 0 Å². The predicted molar refractivity (Wildman–Crippen MR) is 133 cm³/mol. The minimum absolute atomic E-state index is 0.214. The van der Waals surface area contributed by atoms with Gasteiger partial charge in [-0.05, 0) is 73.6 Å². The van der Waals surface area contributed by atoms with E-state index in [2.05, 4.69) is 50.1 Å². The molecule has 33 heavy (non-hydrogen) atoms. The van der Waals surface area contributed by atoms with E-state index in [-0.39, 0.29) is 10.8 Å². The van der Waals surface area contributed by atoms with Gasteiger partial charge in [0.15, 0.2) is 5.13 Å². The van der Waals surface area contributed by atoms with E-state index in [9.17, 15) is 13.2 Å². The van der Waals surface area contributed by atoms with Crippen molar-refractivity contribution in [2.45, 2.75) is 39.0 Å². The minimum Gasteiger partial charge on any atom is -0.298 e. The van der Waals surface area contributed by atoms with Crippen LogP contribution in [0.4, 0.5) is 5.13 Å². The number of carbonyl (C=O) groups excluding carboxylic acids is 1. The van der Waals surface area contributed by atoms with Gasteiger partial charge >= 0.3 is 0 Å². The molecular weight excluding hydrogens is 454 g/mol. The van der Waals surface area contributed by atoms with Crippen molar-refractivity contribution >= 4 is 32.4 Å². The summed E-state index contributed by atoms with van der Waals surface area (Å²) in [4.78, 5) is 17.5. The lowest BCUT2D eigenvalue weighted by atomic mass is 9.94. The second-order valence-corrected chi connectivity index (χ2v) is 11.9. The highest BCUT2D eigenvalue weighted by molar-refractivity contribution is 7.89. The normalized spacial score (nSPS) is 19.4. The van der Waals surface area contributed by atoms with Crippen molar-refractivity contribution in [2.75, 3.05) is 18.4 Å². The van der Waals surface area contributed by atoms with Crippen molar-refractivity contribution in [1.82, 2.24) is 9.29 Å². The lowest BCUT2D eigenvalue weighted by Crippen LogP contribution is -2.42. The summed E-state index contributed by atoms with van der Waals surface area (Å²) < 4.78 is 27.7. The summed E-state index contributed by atoms with van der Waals surface area (Å²) in [7, 11) is -3.57. The second kappa shape index (κ2) is 9.37. The number of nitrogens with one attached hydrogen (secondary N) is 1. The Balaban J connectivity index is 1.46. The van der Waals surface area contributed by atoms with Crippen LogP contribution in [0.15, 0.2) is 52.7 Å². The molecule has 6 nitrogen and oxygen atoms in total. The Bertz CT molecular complexity index is 1260. The number of hydrogen-bond donors (Lipinski definition) is 1. The maximum atomic E-state index is 13.0. The van der Waals surface area contributed by atoms with Gasteiger partial charge in [0.1, 0.15) is 0 Å². The molecular formula is C25H29N3O3S2. The van der Waals surface area contributed by atoms with Gasteiger partial charge in [-0.1, -0.05) is 26.0 Å². The quantitative estimate of drug-likeness (QED) is 0.531. The summed E-state index contributed by atoms with van der Waals surface area (Å²) >= 11 is 1.36. The van der Waals surface area contributed by atoms with E-state index in [0.717, 1.165) is 17.7 Å². The number of rotatable bonds is 5. The monoisotopic (exact) mass is 483 g/mol. The van der Waals surface area contributed by atoms with Gasteiger partial charge in [0, 0.05) is 29.6 Å². The lowest BCUT2D eigenvalue weighted by molar-refractivity contribution is 0.102. The Hall–Kier alpha value is -2.55. The van der Waals surface area contributed by atoms with Crippen LogP contribution < -0.4 is 5.32 Å². The first-order chi connectivity index (χ1) is 15.6. The van der Waals surface area contributed by atoms with Gasteiger partial charge in [-0.15, -0.1) is 11.3 Å². The fraction of sp³-hybridized carbons (Fsp3) is 0.360. The second-order valence-electron chi connectivity index (χ2n) is 9.08. The van der Waals surface area contributed by atoms with Crippen molar-refractivity contribution < 1.29 is 13.2 Å². The standard InChI is InChI=1S/C25H29N3O3S2/c1-16-11-17(2)14-28(13-16)33(30,31)22-9-7-20(8-10-22)24(29)27-25-26-23(15-32-25)21-6-5-18(3)19(4)12-21/h5-10,12,15-17H,11,13-14H2,1-4H3,(H,26,27,29)/t16-,17-/m1/s1. The van der Waals surface area contributed by atoms with Crippen LogP contribution in [0.1, 0.15) is 41.8 Å². The number of nitrogens with zero attached hydrogens (tertiary/aromatic N) is 2. The fourth-order valence-corrected chi connectivity index (χ4v) is 6.66. The molecule has 2 atom stereocenters. The van der Waals surface area contributed by atoms with E-state index in [4.69, 9.17) is 0 Å². The summed E-state index contributed by atoms with van der Waals surface area (Å²) in [6, 6.07) is 12.3. The highest BCUT2D eigenvalue weighted by atomic mass is 32.2. The summed E-state index contributed by atoms with van der Waals surface area (Å²) in [5.41, 5.74) is 4.61. The van der Waals surface area contributed by atoms with Crippen LogP contribution in [0, 0.1) is 25.7 Å². The molecule has 0 saturated carbocycles. The number of anilines is 1. The van der Waals surface area contributed by atoms with Crippen molar-refractivity contribution in [3.8, 4) is 11.3 Å². The molecule has 2 aromatic carbocycles. The number of carbonyl (C=O) groups is 1. The Morgan fingerprint density at radius 3 is 2.33 bits per heavy atom. The van der Waals surface area contributed by atoms with Gasteiger partial charge < -0.3 is 0 Å². The molecule has 1 N–H and O–H groups in total. The molecule has 8 heteroatoms. The minimum atomic E-state index is -3.57. The number of sulfonamides is 1. The van der Waals surface area contributed by atoms with E-state index < -0.39 is 10.0 Å². The van der Waals surface area contributed by atoms with Gasteiger partial charge in [0.25, 0.3) is 5.91 Å². The Morgan fingerprint density at radius 2 is 1.70 bits per heavy atom. The largest absolute Gasteiger partial charge is 0.298 e. The molecule has 0 unspecified atom stereocenters. The molecule has 1 saturated heterocycles. The first-order valence-corrected chi connectivity index (χ1v) is 13.4. The molecule has 0 aliphatic carbocycles. The molecule has 1 aliphatic rings. The number of piperidine rings is 1. The smallest absolute Gasteiger partial charge is 0.257 e. The van der Waals surface area contributed by atoms with E-state index in [1.54, 1.807) is 16.4 Å². The molecule has 1 aliphatic heterocycles. The van der Waals surface area contributed by atoms with Gasteiger partial charge in [0.05, 0.1) is 10.6 Å². The van der Waals surface area contributed by atoms with Crippen LogP contribution in [0.25, 0.3) is 11.3 Å². The Labute approximate surface area is 199 Å². The zero-order chi connectivity index (χ0) is 23.8. The molecule has 3 aromatic rings. The van der Waals surface area contributed by atoms with Gasteiger partial charge in [-0.3, -0.25) is 10.1 Å². The summed E-state index contributed by atoms with van der Waals surface area (Å²) in [5, 5.41) is 5.23. The summed E-state index contributed by atoms with van der Waals surface area (Å²) in [6.45, 7) is 9.34. The summed E-state index contributed by atoms with van der Waals surface area (Å²) in [5.74, 6) is 0.348. The first-order valence-electron chi connectivity index (χ1n) is 11.1. The average Bonchev–Trinajstić information content (AvgIpc) is 3.23. The van der Waals surface area contributed by atoms with E-state index in [1.807, 2.05) is 11.4 Å². The zero-order valence-corrected chi connectivity index (χ0v) is 21.0. The number of aromatic nitrogens is 1. The fourth-order valence-electron chi connectivity index (χ4n) is 4.26. The molecule has 0 spiro atoms. The molecule has 1 amide bonds. The highest BCUT2D eigenvalue weighted by Gasteiger charge is 2.31. The molecule has 2 heterocycles. The number of aryl methyl sites for hydroxylation is 2. The predicted octanol–water partition coefficient (Wildman–Crippen LogP) is 5.35. The number of amides is 1. The van der Waals surface area contributed by atoms with Gasteiger partial charge in [0.2, 0.25) is 10.0 Å². The first kappa shape index (κ1) is 23.6. The molecule has 4 rings (SSSR count). The van der Waals surface area contributed by atoms with Crippen LogP contribution in [-0.2, 0) is 10.0 Å². The molecule has 0 radical (unpaired) electrons. The van der Waals surface area contributed by atoms with Crippen molar-refractivity contribution in [1.29, 1.82) is 0 Å². The lowest BCUT2D eigenvalue weighted by Gasteiger charge is -2.34. The summed E-state index contributed by atoms with van der Waals surface area (Å²) in [6.07, 6.45) is 1.03. The Morgan fingerprint density at radius 1 is 1.03 bits per heavy atom. The number of hydrogen-bond acceptors (Lipinski definition) is 5. The van der Waals surface area contributed by atoms with Crippen LogP contribution in [0.5, 0.6) is 0 Å². The zero-order valence-electron chi connectivity index (χ0n) is 19.3. The van der Waals surface area contributed by atoms with Crippen LogP contribution >= 0.6 is 11.3 Å². The van der Waals surface area contributed by atoms with Gasteiger partial charge in [-0.25, -0.2) is 13.4 Å². The maximum Gasteiger partial charge on any atom is 0.257 e.